The third-order valence-electron chi connectivity index (χ3n) is 4.60. The molecule has 2 aliphatic rings. The second-order valence-corrected chi connectivity index (χ2v) is 5.57. The predicted molar refractivity (Wildman–Crippen MR) is 72.0 cm³/mol. The summed E-state index contributed by atoms with van der Waals surface area (Å²) in [6, 6.07) is 6.17. The normalized spacial score (nSPS) is 27.3. The lowest BCUT2D eigenvalue weighted by Crippen LogP contribution is -2.34. The number of rotatable bonds is 2. The van der Waals surface area contributed by atoms with Crippen LogP contribution in [0.2, 0.25) is 0 Å². The summed E-state index contributed by atoms with van der Waals surface area (Å²) in [4.78, 5) is 2.41. The van der Waals surface area contributed by atoms with E-state index in [1.807, 2.05) is 12.1 Å². The van der Waals surface area contributed by atoms with E-state index in [0.717, 1.165) is 18.2 Å². The van der Waals surface area contributed by atoms with Gasteiger partial charge < -0.3 is 10.6 Å². The van der Waals surface area contributed by atoms with Crippen molar-refractivity contribution in [3.8, 4) is 0 Å². The van der Waals surface area contributed by atoms with Crippen LogP contribution in [-0.2, 0) is 6.54 Å². The van der Waals surface area contributed by atoms with Gasteiger partial charge in [0.15, 0.2) is 0 Å². The lowest BCUT2D eigenvalue weighted by molar-refractivity contribution is 0.342. The Balaban J connectivity index is 1.84. The highest BCUT2D eigenvalue weighted by Gasteiger charge is 2.35. The van der Waals surface area contributed by atoms with Gasteiger partial charge in [-0.1, -0.05) is 18.9 Å². The average Bonchev–Trinajstić information content (AvgIpc) is 2.82. The van der Waals surface area contributed by atoms with Crippen molar-refractivity contribution < 1.29 is 4.39 Å². The molecular formula is C15H21FN2. The van der Waals surface area contributed by atoms with E-state index in [-0.39, 0.29) is 12.4 Å². The van der Waals surface area contributed by atoms with E-state index >= 15 is 0 Å². The molecule has 1 heterocycles. The van der Waals surface area contributed by atoms with Crippen LogP contribution in [0.3, 0.4) is 0 Å². The van der Waals surface area contributed by atoms with Gasteiger partial charge in [-0.3, -0.25) is 0 Å². The van der Waals surface area contributed by atoms with Crippen LogP contribution in [-0.4, -0.2) is 12.6 Å². The topological polar surface area (TPSA) is 29.3 Å². The Bertz CT molecular complexity index is 433. The van der Waals surface area contributed by atoms with Crippen molar-refractivity contribution in [3.05, 3.63) is 29.6 Å². The summed E-state index contributed by atoms with van der Waals surface area (Å²) < 4.78 is 13.8. The molecule has 2 nitrogen and oxygen atoms in total. The molecule has 2 unspecified atom stereocenters. The fourth-order valence-electron chi connectivity index (χ4n) is 3.61. The van der Waals surface area contributed by atoms with Crippen molar-refractivity contribution >= 4 is 5.69 Å². The third kappa shape index (κ3) is 2.01. The highest BCUT2D eigenvalue weighted by Crippen LogP contribution is 2.39. The van der Waals surface area contributed by atoms with Gasteiger partial charge >= 0.3 is 0 Å². The van der Waals surface area contributed by atoms with Gasteiger partial charge in [-0.2, -0.15) is 0 Å². The first-order valence-corrected chi connectivity index (χ1v) is 7.04. The zero-order valence-corrected chi connectivity index (χ0v) is 10.7. The lowest BCUT2D eigenvalue weighted by Gasteiger charge is -2.33. The Kier molecular flexibility index (Phi) is 3.25. The molecule has 18 heavy (non-hydrogen) atoms. The number of anilines is 1. The van der Waals surface area contributed by atoms with Crippen LogP contribution in [0.25, 0.3) is 0 Å². The smallest absolute Gasteiger partial charge is 0.129 e. The molecule has 98 valence electrons. The highest BCUT2D eigenvalue weighted by molar-refractivity contribution is 5.50. The van der Waals surface area contributed by atoms with Crippen molar-refractivity contribution in [1.82, 2.24) is 0 Å². The molecule has 0 amide bonds. The third-order valence-corrected chi connectivity index (χ3v) is 4.60. The minimum Gasteiger partial charge on any atom is -0.368 e. The van der Waals surface area contributed by atoms with Crippen LogP contribution in [0.4, 0.5) is 10.1 Å². The van der Waals surface area contributed by atoms with E-state index in [4.69, 9.17) is 5.73 Å². The molecule has 2 fully saturated rings. The Morgan fingerprint density at radius 1 is 1.22 bits per heavy atom. The minimum absolute atomic E-state index is 0.158. The lowest BCUT2D eigenvalue weighted by atomic mass is 9.85. The standard InChI is InChI=1S/C15H21FN2/c16-14-9-13(6-5-12(14)10-17)18-8-7-11-3-1-2-4-15(11)18/h5-6,9,11,15H,1-4,7-8,10,17H2. The van der Waals surface area contributed by atoms with E-state index in [1.54, 1.807) is 6.07 Å². The number of fused-ring (bicyclic) bond motifs is 1. The van der Waals surface area contributed by atoms with Gasteiger partial charge in [0, 0.05) is 30.4 Å². The van der Waals surface area contributed by atoms with Gasteiger partial charge in [0.2, 0.25) is 0 Å². The van der Waals surface area contributed by atoms with Crippen molar-refractivity contribution in [1.29, 1.82) is 0 Å². The van der Waals surface area contributed by atoms with Gasteiger partial charge in [-0.25, -0.2) is 4.39 Å². The monoisotopic (exact) mass is 248 g/mol. The maximum absolute atomic E-state index is 13.8. The van der Waals surface area contributed by atoms with E-state index in [0.29, 0.717) is 11.6 Å². The molecule has 3 heteroatoms. The Hall–Kier alpha value is -1.09. The highest BCUT2D eigenvalue weighted by atomic mass is 19.1. The SMILES string of the molecule is NCc1ccc(N2CCC3CCCCC32)cc1F. The summed E-state index contributed by atoms with van der Waals surface area (Å²) in [7, 11) is 0. The fourth-order valence-corrected chi connectivity index (χ4v) is 3.61. The molecule has 1 aromatic carbocycles. The molecule has 1 aliphatic heterocycles. The number of nitrogens with zero attached hydrogens (tertiary/aromatic N) is 1. The van der Waals surface area contributed by atoms with Crippen molar-refractivity contribution in [2.24, 2.45) is 11.7 Å². The van der Waals surface area contributed by atoms with Gasteiger partial charge in [-0.15, -0.1) is 0 Å². The summed E-state index contributed by atoms with van der Waals surface area (Å²) in [5.74, 6) is 0.672. The molecular weight excluding hydrogens is 227 g/mol. The van der Waals surface area contributed by atoms with Crippen molar-refractivity contribution in [2.45, 2.75) is 44.7 Å². The van der Waals surface area contributed by atoms with Crippen molar-refractivity contribution in [3.63, 3.8) is 0 Å². The van der Waals surface area contributed by atoms with Gasteiger partial charge in [-0.05, 0) is 37.3 Å². The van der Waals surface area contributed by atoms with E-state index in [9.17, 15) is 4.39 Å². The van der Waals surface area contributed by atoms with E-state index in [2.05, 4.69) is 4.90 Å². The van der Waals surface area contributed by atoms with Crippen LogP contribution < -0.4 is 10.6 Å². The predicted octanol–water partition coefficient (Wildman–Crippen LogP) is 3.05. The zero-order chi connectivity index (χ0) is 12.5. The largest absolute Gasteiger partial charge is 0.368 e. The Morgan fingerprint density at radius 2 is 2.06 bits per heavy atom. The maximum atomic E-state index is 13.8. The summed E-state index contributed by atoms with van der Waals surface area (Å²) >= 11 is 0. The molecule has 0 radical (unpaired) electrons. The second kappa shape index (κ2) is 4.88. The van der Waals surface area contributed by atoms with Crippen LogP contribution in [0.15, 0.2) is 18.2 Å². The molecule has 1 aromatic rings. The number of halogens is 1. The van der Waals surface area contributed by atoms with Crippen LogP contribution in [0, 0.1) is 11.7 Å². The fraction of sp³-hybridized carbons (Fsp3) is 0.600. The minimum atomic E-state index is -0.158. The van der Waals surface area contributed by atoms with Crippen LogP contribution in [0.5, 0.6) is 0 Å². The van der Waals surface area contributed by atoms with Gasteiger partial charge in [0.25, 0.3) is 0 Å². The first kappa shape index (κ1) is 12.0. The molecule has 1 saturated carbocycles. The average molecular weight is 248 g/mol. The van der Waals surface area contributed by atoms with E-state index < -0.39 is 0 Å². The molecule has 0 aromatic heterocycles. The molecule has 1 aliphatic carbocycles. The summed E-state index contributed by atoms with van der Waals surface area (Å²) in [6.45, 7) is 1.36. The zero-order valence-electron chi connectivity index (χ0n) is 10.7. The number of hydrogen-bond donors (Lipinski definition) is 1. The second-order valence-electron chi connectivity index (χ2n) is 5.57. The Labute approximate surface area is 108 Å². The molecule has 2 atom stereocenters. The first-order chi connectivity index (χ1) is 8.79. The molecule has 0 bridgehead atoms. The van der Waals surface area contributed by atoms with Gasteiger partial charge in [0.1, 0.15) is 5.82 Å². The molecule has 0 spiro atoms. The molecule has 1 saturated heterocycles. The summed E-state index contributed by atoms with van der Waals surface area (Å²) in [6.07, 6.45) is 6.58. The van der Waals surface area contributed by atoms with E-state index in [1.165, 1.54) is 32.1 Å². The van der Waals surface area contributed by atoms with Crippen LogP contribution >= 0.6 is 0 Å². The summed E-state index contributed by atoms with van der Waals surface area (Å²) in [5.41, 5.74) is 7.16. The Morgan fingerprint density at radius 3 is 2.83 bits per heavy atom. The first-order valence-electron chi connectivity index (χ1n) is 7.04. The van der Waals surface area contributed by atoms with Gasteiger partial charge in [0.05, 0.1) is 0 Å². The number of hydrogen-bond acceptors (Lipinski definition) is 2. The molecule has 2 N–H and O–H groups in total. The quantitative estimate of drug-likeness (QED) is 0.871. The van der Waals surface area contributed by atoms with Crippen molar-refractivity contribution in [2.75, 3.05) is 11.4 Å². The molecule has 3 rings (SSSR count). The van der Waals surface area contributed by atoms with Crippen LogP contribution in [0.1, 0.15) is 37.7 Å². The number of nitrogens with two attached hydrogens (primary N) is 1. The number of benzene rings is 1. The summed E-state index contributed by atoms with van der Waals surface area (Å²) in [5, 5.41) is 0. The maximum Gasteiger partial charge on any atom is 0.129 e.